The van der Waals surface area contributed by atoms with Gasteiger partial charge in [0.2, 0.25) is 0 Å². The maximum Gasteiger partial charge on any atom is 0.339 e. The molecule has 0 aliphatic rings. The van der Waals surface area contributed by atoms with E-state index < -0.39 is 37.9 Å². The van der Waals surface area contributed by atoms with Gasteiger partial charge in [-0.15, -0.1) is 0 Å². The van der Waals surface area contributed by atoms with Gasteiger partial charge < -0.3 is 10.2 Å². The normalized spacial score (nSPS) is 11.0. The van der Waals surface area contributed by atoms with Crippen molar-refractivity contribution in [3.8, 4) is 5.75 Å². The number of nitro benzene ring substituents is 1. The second-order valence-electron chi connectivity index (χ2n) is 4.85. The van der Waals surface area contributed by atoms with Crippen molar-refractivity contribution in [2.75, 3.05) is 4.72 Å². The van der Waals surface area contributed by atoms with E-state index in [1.165, 1.54) is 25.1 Å². The monoisotopic (exact) mass is 352 g/mol. The van der Waals surface area contributed by atoms with E-state index in [0.717, 1.165) is 18.2 Å². The Morgan fingerprint density at radius 2 is 1.88 bits per heavy atom. The van der Waals surface area contributed by atoms with Crippen LogP contribution in [0, 0.1) is 17.0 Å². The summed E-state index contributed by atoms with van der Waals surface area (Å²) in [5.41, 5.74) is -0.690. The number of non-ortho nitro benzene ring substituents is 1. The van der Waals surface area contributed by atoms with E-state index in [2.05, 4.69) is 4.72 Å². The van der Waals surface area contributed by atoms with Crippen LogP contribution >= 0.6 is 0 Å². The highest BCUT2D eigenvalue weighted by atomic mass is 32.2. The maximum absolute atomic E-state index is 12.4. The highest BCUT2D eigenvalue weighted by Crippen LogP contribution is 2.26. The van der Waals surface area contributed by atoms with Gasteiger partial charge in [-0.2, -0.15) is 0 Å². The summed E-state index contributed by atoms with van der Waals surface area (Å²) in [5, 5.41) is 29.2. The van der Waals surface area contributed by atoms with Crippen molar-refractivity contribution in [1.82, 2.24) is 0 Å². The SMILES string of the molecule is Cc1ccc([N+](=O)[O-])cc1S(=O)(=O)Nc1ccc(O)c(C(=O)O)c1. The number of rotatable bonds is 5. The molecule has 0 aliphatic carbocycles. The smallest absolute Gasteiger partial charge is 0.339 e. The summed E-state index contributed by atoms with van der Waals surface area (Å²) >= 11 is 0. The average molecular weight is 352 g/mol. The summed E-state index contributed by atoms with van der Waals surface area (Å²) in [6.07, 6.45) is 0. The summed E-state index contributed by atoms with van der Waals surface area (Å²) in [5.74, 6) is -1.95. The van der Waals surface area contributed by atoms with E-state index in [0.29, 0.717) is 0 Å². The Morgan fingerprint density at radius 3 is 2.46 bits per heavy atom. The third kappa shape index (κ3) is 3.43. The zero-order valence-corrected chi connectivity index (χ0v) is 13.1. The number of nitro groups is 1. The summed E-state index contributed by atoms with van der Waals surface area (Å²) in [6.45, 7) is 1.47. The molecule has 9 nitrogen and oxygen atoms in total. The molecule has 0 amide bonds. The van der Waals surface area contributed by atoms with Crippen molar-refractivity contribution in [3.63, 3.8) is 0 Å². The van der Waals surface area contributed by atoms with Gasteiger partial charge in [0, 0.05) is 17.8 Å². The van der Waals surface area contributed by atoms with E-state index >= 15 is 0 Å². The molecule has 0 bridgehead atoms. The number of carbonyl (C=O) groups is 1. The van der Waals surface area contributed by atoms with Crippen LogP contribution in [0.2, 0.25) is 0 Å². The molecule has 0 saturated heterocycles. The fraction of sp³-hybridized carbons (Fsp3) is 0.0714. The predicted octanol–water partition coefficient (Wildman–Crippen LogP) is 2.11. The number of aromatic hydroxyl groups is 1. The van der Waals surface area contributed by atoms with Gasteiger partial charge in [-0.1, -0.05) is 6.07 Å². The number of nitrogens with zero attached hydrogens (tertiary/aromatic N) is 1. The van der Waals surface area contributed by atoms with Gasteiger partial charge in [-0.05, 0) is 30.7 Å². The molecule has 0 spiro atoms. The van der Waals surface area contributed by atoms with Crippen LogP contribution in [0.15, 0.2) is 41.3 Å². The number of aromatic carboxylic acids is 1. The molecule has 10 heteroatoms. The van der Waals surface area contributed by atoms with Crippen molar-refractivity contribution >= 4 is 27.4 Å². The lowest BCUT2D eigenvalue weighted by molar-refractivity contribution is -0.385. The number of phenols is 1. The number of benzene rings is 2. The quantitative estimate of drug-likeness (QED) is 0.424. The Bertz CT molecular complexity index is 938. The lowest BCUT2D eigenvalue weighted by atomic mass is 10.2. The van der Waals surface area contributed by atoms with E-state index in [1.54, 1.807) is 0 Å². The fourth-order valence-corrected chi connectivity index (χ4v) is 3.29. The van der Waals surface area contributed by atoms with E-state index in [9.17, 15) is 28.4 Å². The molecule has 0 aliphatic heterocycles. The molecule has 0 aromatic heterocycles. The maximum atomic E-state index is 12.4. The number of carboxylic acid groups (broad SMARTS) is 1. The van der Waals surface area contributed by atoms with Crippen molar-refractivity contribution < 1.29 is 28.3 Å². The molecule has 24 heavy (non-hydrogen) atoms. The second kappa shape index (κ2) is 6.16. The standard InChI is InChI=1S/C14H12N2O7S/c1-8-2-4-10(16(20)21)7-13(8)24(22,23)15-9-3-5-12(17)11(6-9)14(18)19/h2-7,15,17H,1H3,(H,18,19). The van der Waals surface area contributed by atoms with Crippen LogP contribution in [0.25, 0.3) is 0 Å². The number of hydrogen-bond acceptors (Lipinski definition) is 6. The van der Waals surface area contributed by atoms with E-state index in [-0.39, 0.29) is 16.1 Å². The second-order valence-corrected chi connectivity index (χ2v) is 6.50. The molecule has 126 valence electrons. The van der Waals surface area contributed by atoms with Crippen molar-refractivity contribution in [2.24, 2.45) is 0 Å². The number of carboxylic acids is 1. The average Bonchev–Trinajstić information content (AvgIpc) is 2.48. The van der Waals surface area contributed by atoms with Crippen molar-refractivity contribution in [1.29, 1.82) is 0 Å². The van der Waals surface area contributed by atoms with Gasteiger partial charge in [-0.25, -0.2) is 13.2 Å². The number of anilines is 1. The summed E-state index contributed by atoms with van der Waals surface area (Å²) in [6, 6.07) is 6.54. The summed E-state index contributed by atoms with van der Waals surface area (Å²) < 4.78 is 27.0. The highest BCUT2D eigenvalue weighted by Gasteiger charge is 2.21. The van der Waals surface area contributed by atoms with Crippen molar-refractivity contribution in [3.05, 3.63) is 57.6 Å². The minimum absolute atomic E-state index is 0.101. The Hall–Kier alpha value is -3.14. The molecule has 3 N–H and O–H groups in total. The topological polar surface area (TPSA) is 147 Å². The first kappa shape index (κ1) is 17.2. The number of nitrogens with one attached hydrogen (secondary N) is 1. The molecular weight excluding hydrogens is 340 g/mol. The molecule has 0 fully saturated rings. The van der Waals surface area contributed by atoms with E-state index in [4.69, 9.17) is 5.11 Å². The number of hydrogen-bond donors (Lipinski definition) is 3. The molecule has 0 radical (unpaired) electrons. The van der Waals surface area contributed by atoms with Gasteiger partial charge in [0.15, 0.2) is 0 Å². The Balaban J connectivity index is 2.46. The number of aryl methyl sites for hydroxylation is 1. The fourth-order valence-electron chi connectivity index (χ4n) is 1.97. The first-order chi connectivity index (χ1) is 11.1. The Labute approximate surface area is 136 Å². The van der Waals surface area contributed by atoms with Gasteiger partial charge in [0.05, 0.1) is 9.82 Å². The van der Waals surface area contributed by atoms with Crippen LogP contribution in [-0.4, -0.2) is 29.5 Å². The van der Waals surface area contributed by atoms with Crippen LogP contribution in [0.1, 0.15) is 15.9 Å². The van der Waals surface area contributed by atoms with Gasteiger partial charge in [0.25, 0.3) is 15.7 Å². The van der Waals surface area contributed by atoms with Crippen LogP contribution < -0.4 is 4.72 Å². The first-order valence-electron chi connectivity index (χ1n) is 6.46. The van der Waals surface area contributed by atoms with Gasteiger partial charge in [-0.3, -0.25) is 14.8 Å². The Morgan fingerprint density at radius 1 is 1.21 bits per heavy atom. The largest absolute Gasteiger partial charge is 0.507 e. The molecular formula is C14H12N2O7S. The third-order valence-corrected chi connectivity index (χ3v) is 4.67. The number of sulfonamides is 1. The molecule has 0 saturated carbocycles. The predicted molar refractivity (Wildman–Crippen MR) is 83.7 cm³/mol. The summed E-state index contributed by atoms with van der Waals surface area (Å²) in [7, 11) is -4.18. The van der Waals surface area contributed by atoms with Crippen LogP contribution in [0.4, 0.5) is 11.4 Å². The molecule has 0 atom stereocenters. The first-order valence-corrected chi connectivity index (χ1v) is 7.94. The molecule has 0 heterocycles. The zero-order valence-electron chi connectivity index (χ0n) is 12.3. The molecule has 2 rings (SSSR count). The molecule has 0 unspecified atom stereocenters. The third-order valence-electron chi connectivity index (χ3n) is 3.15. The zero-order chi connectivity index (χ0) is 18.1. The Kier molecular flexibility index (Phi) is 4.42. The van der Waals surface area contributed by atoms with Gasteiger partial charge >= 0.3 is 5.97 Å². The minimum Gasteiger partial charge on any atom is -0.507 e. The minimum atomic E-state index is -4.18. The van der Waals surface area contributed by atoms with E-state index in [1.807, 2.05) is 0 Å². The van der Waals surface area contributed by atoms with Crippen LogP contribution in [-0.2, 0) is 10.0 Å². The van der Waals surface area contributed by atoms with Gasteiger partial charge in [0.1, 0.15) is 11.3 Å². The lowest BCUT2D eigenvalue weighted by Gasteiger charge is -2.11. The molecule has 2 aromatic carbocycles. The lowest BCUT2D eigenvalue weighted by Crippen LogP contribution is -2.15. The molecule has 2 aromatic rings. The van der Waals surface area contributed by atoms with Crippen LogP contribution in [0.5, 0.6) is 5.75 Å². The van der Waals surface area contributed by atoms with Crippen LogP contribution in [0.3, 0.4) is 0 Å². The highest BCUT2D eigenvalue weighted by molar-refractivity contribution is 7.92. The summed E-state index contributed by atoms with van der Waals surface area (Å²) in [4.78, 5) is 20.8. The van der Waals surface area contributed by atoms with Crippen molar-refractivity contribution in [2.45, 2.75) is 11.8 Å².